The lowest BCUT2D eigenvalue weighted by Gasteiger charge is -2.34. The molecule has 2 N–H and O–H groups in total. The van der Waals surface area contributed by atoms with Crippen molar-refractivity contribution in [3.05, 3.63) is 72.3 Å². The predicted molar refractivity (Wildman–Crippen MR) is 138 cm³/mol. The van der Waals surface area contributed by atoms with Crippen LogP contribution in [0.15, 0.2) is 71.6 Å². The van der Waals surface area contributed by atoms with E-state index in [1.54, 1.807) is 12.1 Å². The summed E-state index contributed by atoms with van der Waals surface area (Å²) in [5.74, 6) is 1.10. The first kappa shape index (κ1) is 26.0. The molecule has 0 atom stereocenters. The highest BCUT2D eigenvalue weighted by Crippen LogP contribution is 2.37. The highest BCUT2D eigenvalue weighted by atomic mass is 32.2. The summed E-state index contributed by atoms with van der Waals surface area (Å²) >= 11 is 0. The van der Waals surface area contributed by atoms with Gasteiger partial charge in [0.2, 0.25) is 6.79 Å². The zero-order chi connectivity index (χ0) is 26.6. The minimum Gasteiger partial charge on any atom is -0.494 e. The van der Waals surface area contributed by atoms with E-state index >= 15 is 0 Å². The van der Waals surface area contributed by atoms with E-state index in [2.05, 4.69) is 18.2 Å². The number of ether oxygens (including phenoxy) is 4. The van der Waals surface area contributed by atoms with Crippen molar-refractivity contribution < 1.29 is 37.4 Å². The van der Waals surface area contributed by atoms with Gasteiger partial charge in [0.05, 0.1) is 11.5 Å². The lowest BCUT2D eigenvalue weighted by molar-refractivity contribution is -0.134. The van der Waals surface area contributed by atoms with Gasteiger partial charge in [-0.1, -0.05) is 30.3 Å². The van der Waals surface area contributed by atoms with Gasteiger partial charge in [-0.15, -0.1) is 0 Å². The van der Waals surface area contributed by atoms with E-state index in [1.807, 2.05) is 24.3 Å². The van der Waals surface area contributed by atoms with Crippen LogP contribution in [0.4, 0.5) is 0 Å². The Bertz CT molecular complexity index is 1400. The number of fused-ring (bicyclic) bond motifs is 1. The molecule has 0 aromatic heterocycles. The molecule has 2 heterocycles. The fourth-order valence-electron chi connectivity index (χ4n) is 4.81. The van der Waals surface area contributed by atoms with E-state index in [4.69, 9.17) is 18.9 Å². The Morgan fingerprint density at radius 3 is 2.45 bits per heavy atom. The van der Waals surface area contributed by atoms with Gasteiger partial charge in [0.25, 0.3) is 5.91 Å². The quantitative estimate of drug-likeness (QED) is 0.239. The number of hydroxylamine groups is 1. The van der Waals surface area contributed by atoms with Gasteiger partial charge in [0, 0.05) is 13.2 Å². The summed E-state index contributed by atoms with van der Waals surface area (Å²) < 4.78 is 46.9. The molecule has 3 aromatic carbocycles. The number of benzene rings is 3. The molecule has 1 fully saturated rings. The van der Waals surface area contributed by atoms with Crippen LogP contribution in [-0.4, -0.2) is 50.9 Å². The SMILES string of the molecule is O=C(NO)C1(S(=O)(=O)c2ccc(OCCCc3cccc(-c4ccc5c(c4)OCO5)c3)cc2)CCOCC1. The summed E-state index contributed by atoms with van der Waals surface area (Å²) in [6, 6.07) is 20.2. The molecule has 0 saturated carbocycles. The van der Waals surface area contributed by atoms with E-state index in [-0.39, 0.29) is 37.7 Å². The summed E-state index contributed by atoms with van der Waals surface area (Å²) in [5, 5.41) is 9.18. The van der Waals surface area contributed by atoms with Gasteiger partial charge in [0.15, 0.2) is 26.1 Å². The normalized spacial score (nSPS) is 16.1. The Kier molecular flexibility index (Phi) is 7.55. The maximum atomic E-state index is 13.3. The van der Waals surface area contributed by atoms with Crippen LogP contribution in [0.2, 0.25) is 0 Å². The second-order valence-electron chi connectivity index (χ2n) is 9.24. The molecule has 200 valence electrons. The molecule has 38 heavy (non-hydrogen) atoms. The van der Waals surface area contributed by atoms with E-state index in [0.717, 1.165) is 35.5 Å². The first-order valence-corrected chi connectivity index (χ1v) is 13.9. The van der Waals surface area contributed by atoms with Crippen molar-refractivity contribution in [1.82, 2.24) is 5.48 Å². The summed E-state index contributed by atoms with van der Waals surface area (Å²) in [4.78, 5) is 12.4. The molecule has 0 bridgehead atoms. The van der Waals surface area contributed by atoms with Crippen molar-refractivity contribution in [2.24, 2.45) is 0 Å². The zero-order valence-corrected chi connectivity index (χ0v) is 21.5. The van der Waals surface area contributed by atoms with Crippen LogP contribution in [0.1, 0.15) is 24.8 Å². The molecular weight excluding hydrogens is 510 g/mol. The van der Waals surface area contributed by atoms with E-state index in [1.165, 1.54) is 23.2 Å². The molecule has 0 spiro atoms. The molecule has 1 amide bonds. The van der Waals surface area contributed by atoms with Crippen LogP contribution in [0.3, 0.4) is 0 Å². The highest BCUT2D eigenvalue weighted by molar-refractivity contribution is 7.93. The van der Waals surface area contributed by atoms with Crippen molar-refractivity contribution in [1.29, 1.82) is 0 Å². The van der Waals surface area contributed by atoms with Gasteiger partial charge in [-0.3, -0.25) is 10.0 Å². The van der Waals surface area contributed by atoms with Crippen LogP contribution in [0.25, 0.3) is 11.1 Å². The number of sulfone groups is 1. The van der Waals surface area contributed by atoms with Gasteiger partial charge in [0.1, 0.15) is 5.75 Å². The van der Waals surface area contributed by atoms with Crippen molar-refractivity contribution in [2.75, 3.05) is 26.6 Å². The minimum atomic E-state index is -4.07. The fraction of sp³-hybridized carbons (Fsp3) is 0.321. The number of rotatable bonds is 9. The average Bonchev–Trinajstić information content (AvgIpc) is 3.44. The first-order valence-electron chi connectivity index (χ1n) is 12.4. The Labute approximate surface area is 221 Å². The Morgan fingerprint density at radius 2 is 1.68 bits per heavy atom. The predicted octanol–water partition coefficient (Wildman–Crippen LogP) is 3.92. The number of aryl methyl sites for hydroxylation is 1. The molecule has 1 saturated heterocycles. The third-order valence-electron chi connectivity index (χ3n) is 6.98. The fourth-order valence-corrected chi connectivity index (χ4v) is 6.75. The lowest BCUT2D eigenvalue weighted by atomic mass is 9.98. The molecular formula is C28H29NO8S. The van der Waals surface area contributed by atoms with Gasteiger partial charge >= 0.3 is 0 Å². The van der Waals surface area contributed by atoms with E-state index < -0.39 is 20.5 Å². The topological polar surface area (TPSA) is 120 Å². The van der Waals surface area contributed by atoms with Crippen LogP contribution in [0, 0.1) is 0 Å². The number of carbonyl (C=O) groups excluding carboxylic acids is 1. The molecule has 0 unspecified atom stereocenters. The summed E-state index contributed by atoms with van der Waals surface area (Å²) in [7, 11) is -4.07. The number of hydrogen-bond acceptors (Lipinski definition) is 8. The minimum absolute atomic E-state index is 0.00400. The molecule has 3 aromatic rings. The smallest absolute Gasteiger partial charge is 0.265 e. The average molecular weight is 540 g/mol. The van der Waals surface area contributed by atoms with Crippen molar-refractivity contribution in [3.63, 3.8) is 0 Å². The maximum absolute atomic E-state index is 13.3. The van der Waals surface area contributed by atoms with Crippen LogP contribution >= 0.6 is 0 Å². The number of hydrogen-bond donors (Lipinski definition) is 2. The molecule has 9 nitrogen and oxygen atoms in total. The summed E-state index contributed by atoms with van der Waals surface area (Å²) in [6.45, 7) is 0.934. The molecule has 0 radical (unpaired) electrons. The first-order chi connectivity index (χ1) is 18.4. The molecule has 10 heteroatoms. The Morgan fingerprint density at radius 1 is 0.947 bits per heavy atom. The molecule has 2 aliphatic heterocycles. The van der Waals surface area contributed by atoms with Crippen LogP contribution < -0.4 is 19.7 Å². The second-order valence-corrected chi connectivity index (χ2v) is 11.5. The van der Waals surface area contributed by atoms with Crippen LogP contribution in [0.5, 0.6) is 17.2 Å². The zero-order valence-electron chi connectivity index (χ0n) is 20.7. The number of carbonyl (C=O) groups is 1. The lowest BCUT2D eigenvalue weighted by Crippen LogP contribution is -2.54. The van der Waals surface area contributed by atoms with Crippen LogP contribution in [-0.2, 0) is 25.8 Å². The van der Waals surface area contributed by atoms with Crippen molar-refractivity contribution in [2.45, 2.75) is 35.3 Å². The number of nitrogens with one attached hydrogen (secondary N) is 1. The molecule has 2 aliphatic rings. The van der Waals surface area contributed by atoms with Crippen molar-refractivity contribution >= 4 is 15.7 Å². The maximum Gasteiger partial charge on any atom is 0.265 e. The van der Waals surface area contributed by atoms with Gasteiger partial charge in [-0.2, -0.15) is 0 Å². The molecule has 5 rings (SSSR count). The van der Waals surface area contributed by atoms with Gasteiger partial charge < -0.3 is 18.9 Å². The largest absolute Gasteiger partial charge is 0.494 e. The Balaban J connectivity index is 1.18. The monoisotopic (exact) mass is 539 g/mol. The van der Waals surface area contributed by atoms with Gasteiger partial charge in [-0.05, 0) is 78.8 Å². The third kappa shape index (κ3) is 5.07. The van der Waals surface area contributed by atoms with E-state index in [9.17, 15) is 18.4 Å². The second kappa shape index (κ2) is 11.0. The van der Waals surface area contributed by atoms with E-state index in [0.29, 0.717) is 12.4 Å². The van der Waals surface area contributed by atoms with Crippen molar-refractivity contribution in [3.8, 4) is 28.4 Å². The Hall–Kier alpha value is -3.60. The molecule has 0 aliphatic carbocycles. The number of amides is 1. The van der Waals surface area contributed by atoms with Gasteiger partial charge in [-0.25, -0.2) is 13.9 Å². The third-order valence-corrected chi connectivity index (χ3v) is 9.49. The standard InChI is InChI=1S/C28H29NO8S/c30-27(29-31)28(12-15-34-16-13-28)38(32,33)24-9-7-23(8-10-24)35-14-2-4-20-3-1-5-21(17-20)22-6-11-25-26(18-22)37-19-36-25/h1,3,5-11,17-18,31H,2,4,12-16,19H2,(H,29,30). The summed E-state index contributed by atoms with van der Waals surface area (Å²) in [6.07, 6.45) is 1.52. The summed E-state index contributed by atoms with van der Waals surface area (Å²) in [5.41, 5.74) is 4.85. The highest BCUT2D eigenvalue weighted by Gasteiger charge is 2.52.